The van der Waals surface area contributed by atoms with Gasteiger partial charge in [0.25, 0.3) is 0 Å². The van der Waals surface area contributed by atoms with E-state index in [1.54, 1.807) is 24.3 Å². The molecule has 1 saturated heterocycles. The van der Waals surface area contributed by atoms with Crippen molar-refractivity contribution >= 4 is 10.0 Å². The highest BCUT2D eigenvalue weighted by atomic mass is 32.2. The summed E-state index contributed by atoms with van der Waals surface area (Å²) in [7, 11) is -3.44. The van der Waals surface area contributed by atoms with E-state index in [0.29, 0.717) is 18.9 Å². The van der Waals surface area contributed by atoms with Gasteiger partial charge in [-0.25, -0.2) is 13.1 Å². The van der Waals surface area contributed by atoms with Gasteiger partial charge >= 0.3 is 0 Å². The highest BCUT2D eigenvalue weighted by Crippen LogP contribution is 2.21. The van der Waals surface area contributed by atoms with Gasteiger partial charge in [0.05, 0.1) is 11.5 Å². The van der Waals surface area contributed by atoms with Crippen LogP contribution < -0.4 is 9.46 Å². The zero-order valence-corrected chi connectivity index (χ0v) is 15.8. The predicted molar refractivity (Wildman–Crippen MR) is 96.8 cm³/mol. The monoisotopic (exact) mass is 354 g/mol. The van der Waals surface area contributed by atoms with E-state index in [1.165, 1.54) is 6.42 Å². The molecule has 0 amide bonds. The van der Waals surface area contributed by atoms with Crippen molar-refractivity contribution in [3.8, 4) is 5.75 Å². The molecule has 24 heavy (non-hydrogen) atoms. The van der Waals surface area contributed by atoms with Crippen LogP contribution in [0, 0.1) is 11.8 Å². The standard InChI is InChI=1S/C18H30N2O3S/c1-4-23-17-6-8-18(9-7-17)24(21,22)19-10-5-11-20-13-15(2)12-16(3)14-20/h6-9,15-16,19H,4-5,10-14H2,1-3H3/t15-,16-/m0/s1. The molecule has 1 fully saturated rings. The average molecular weight is 355 g/mol. The van der Waals surface area contributed by atoms with E-state index >= 15 is 0 Å². The minimum atomic E-state index is -3.44. The maximum absolute atomic E-state index is 12.3. The largest absolute Gasteiger partial charge is 0.494 e. The topological polar surface area (TPSA) is 58.6 Å². The number of rotatable bonds is 8. The third-order valence-corrected chi connectivity index (χ3v) is 5.81. The lowest BCUT2D eigenvalue weighted by atomic mass is 9.92. The summed E-state index contributed by atoms with van der Waals surface area (Å²) in [5.41, 5.74) is 0. The molecule has 5 nitrogen and oxygen atoms in total. The first kappa shape index (κ1) is 19.2. The maximum Gasteiger partial charge on any atom is 0.240 e. The smallest absolute Gasteiger partial charge is 0.240 e. The number of ether oxygens (including phenoxy) is 1. The molecule has 0 radical (unpaired) electrons. The van der Waals surface area contributed by atoms with Crippen molar-refractivity contribution in [2.24, 2.45) is 11.8 Å². The van der Waals surface area contributed by atoms with Crippen LogP contribution in [0.3, 0.4) is 0 Å². The molecule has 136 valence electrons. The fourth-order valence-electron chi connectivity index (χ4n) is 3.45. The van der Waals surface area contributed by atoms with Crippen LogP contribution in [0.1, 0.15) is 33.6 Å². The molecule has 1 aliphatic rings. The van der Waals surface area contributed by atoms with Gasteiger partial charge in [-0.05, 0) is 62.4 Å². The van der Waals surface area contributed by atoms with E-state index in [2.05, 4.69) is 23.5 Å². The second kappa shape index (κ2) is 8.83. The van der Waals surface area contributed by atoms with Crippen molar-refractivity contribution < 1.29 is 13.2 Å². The first-order valence-electron chi connectivity index (χ1n) is 8.85. The Labute approximate surface area is 146 Å². The number of nitrogens with one attached hydrogen (secondary N) is 1. The molecular weight excluding hydrogens is 324 g/mol. The summed E-state index contributed by atoms with van der Waals surface area (Å²) >= 11 is 0. The Morgan fingerprint density at radius 3 is 2.38 bits per heavy atom. The van der Waals surface area contributed by atoms with Crippen molar-refractivity contribution in [3.05, 3.63) is 24.3 Å². The van der Waals surface area contributed by atoms with Crippen LogP contribution in [0.2, 0.25) is 0 Å². The van der Waals surface area contributed by atoms with Gasteiger partial charge in [0.2, 0.25) is 10.0 Å². The lowest BCUT2D eigenvalue weighted by Crippen LogP contribution is -2.40. The molecule has 2 rings (SSSR count). The molecule has 1 heterocycles. The summed E-state index contributed by atoms with van der Waals surface area (Å²) < 4.78 is 32.6. The van der Waals surface area contributed by atoms with Gasteiger partial charge in [0.15, 0.2) is 0 Å². The van der Waals surface area contributed by atoms with Gasteiger partial charge in [-0.15, -0.1) is 0 Å². The molecule has 1 aromatic carbocycles. The Kier molecular flexibility index (Phi) is 7.07. The number of likely N-dealkylation sites (tertiary alicyclic amines) is 1. The Bertz CT molecular complexity index is 591. The van der Waals surface area contributed by atoms with Gasteiger partial charge in [0.1, 0.15) is 5.75 Å². The first-order chi connectivity index (χ1) is 11.4. The molecule has 0 spiro atoms. The minimum absolute atomic E-state index is 0.283. The van der Waals surface area contributed by atoms with Gasteiger partial charge in [-0.3, -0.25) is 0 Å². The second-order valence-corrected chi connectivity index (χ2v) is 8.63. The highest BCUT2D eigenvalue weighted by molar-refractivity contribution is 7.89. The van der Waals surface area contributed by atoms with Crippen LogP contribution in [0.15, 0.2) is 29.2 Å². The number of hydrogen-bond acceptors (Lipinski definition) is 4. The van der Waals surface area contributed by atoms with Crippen LogP contribution in [0.5, 0.6) is 5.75 Å². The van der Waals surface area contributed by atoms with E-state index in [9.17, 15) is 8.42 Å². The van der Waals surface area contributed by atoms with Gasteiger partial charge < -0.3 is 9.64 Å². The summed E-state index contributed by atoms with van der Waals surface area (Å²) in [6.07, 6.45) is 2.12. The number of sulfonamides is 1. The Balaban J connectivity index is 1.78. The number of benzene rings is 1. The normalized spacial score (nSPS) is 22.5. The molecule has 1 N–H and O–H groups in total. The number of hydrogen-bond donors (Lipinski definition) is 1. The highest BCUT2D eigenvalue weighted by Gasteiger charge is 2.21. The number of nitrogens with zero attached hydrogens (tertiary/aromatic N) is 1. The van der Waals surface area contributed by atoms with Gasteiger partial charge in [-0.1, -0.05) is 13.8 Å². The molecule has 0 aliphatic carbocycles. The lowest BCUT2D eigenvalue weighted by molar-refractivity contribution is 0.140. The maximum atomic E-state index is 12.3. The average Bonchev–Trinajstić information content (AvgIpc) is 2.52. The Morgan fingerprint density at radius 2 is 1.79 bits per heavy atom. The molecule has 2 atom stereocenters. The van der Waals surface area contributed by atoms with Crippen molar-refractivity contribution in [1.29, 1.82) is 0 Å². The zero-order chi connectivity index (χ0) is 17.6. The van der Waals surface area contributed by atoms with Gasteiger partial charge in [-0.2, -0.15) is 0 Å². The molecule has 1 aromatic rings. The lowest BCUT2D eigenvalue weighted by Gasteiger charge is -2.34. The van der Waals surface area contributed by atoms with Crippen molar-refractivity contribution in [2.75, 3.05) is 32.8 Å². The van der Waals surface area contributed by atoms with Crippen LogP contribution in [0.4, 0.5) is 0 Å². The first-order valence-corrected chi connectivity index (χ1v) is 10.3. The molecular formula is C18H30N2O3S. The second-order valence-electron chi connectivity index (χ2n) is 6.86. The summed E-state index contributed by atoms with van der Waals surface area (Å²) in [5.74, 6) is 2.15. The van der Waals surface area contributed by atoms with E-state index in [1.807, 2.05) is 6.92 Å². The van der Waals surface area contributed by atoms with Crippen LogP contribution in [0.25, 0.3) is 0 Å². The third kappa shape index (κ3) is 5.76. The number of piperidine rings is 1. The third-order valence-electron chi connectivity index (χ3n) is 4.33. The molecule has 6 heteroatoms. The van der Waals surface area contributed by atoms with Crippen molar-refractivity contribution in [3.63, 3.8) is 0 Å². The minimum Gasteiger partial charge on any atom is -0.494 e. The van der Waals surface area contributed by atoms with E-state index < -0.39 is 10.0 Å². The molecule has 0 saturated carbocycles. The van der Waals surface area contributed by atoms with E-state index in [-0.39, 0.29) is 4.90 Å². The predicted octanol–water partition coefficient (Wildman–Crippen LogP) is 2.73. The molecule has 0 bridgehead atoms. The molecule has 1 aliphatic heterocycles. The zero-order valence-electron chi connectivity index (χ0n) is 15.0. The van der Waals surface area contributed by atoms with Crippen molar-refractivity contribution in [2.45, 2.75) is 38.5 Å². The van der Waals surface area contributed by atoms with E-state index in [0.717, 1.165) is 37.9 Å². The van der Waals surface area contributed by atoms with Gasteiger partial charge in [0, 0.05) is 19.6 Å². The fraction of sp³-hybridized carbons (Fsp3) is 0.667. The van der Waals surface area contributed by atoms with Crippen molar-refractivity contribution in [1.82, 2.24) is 9.62 Å². The summed E-state index contributed by atoms with van der Waals surface area (Å²) in [6, 6.07) is 6.55. The Morgan fingerprint density at radius 1 is 1.17 bits per heavy atom. The van der Waals surface area contributed by atoms with Crippen LogP contribution in [-0.4, -0.2) is 46.1 Å². The van der Waals surface area contributed by atoms with Crippen LogP contribution in [-0.2, 0) is 10.0 Å². The summed E-state index contributed by atoms with van der Waals surface area (Å²) in [6.45, 7) is 10.7. The summed E-state index contributed by atoms with van der Waals surface area (Å²) in [5, 5.41) is 0. The van der Waals surface area contributed by atoms with E-state index in [4.69, 9.17) is 4.74 Å². The molecule has 0 unspecified atom stereocenters. The Hall–Kier alpha value is -1.11. The fourth-order valence-corrected chi connectivity index (χ4v) is 4.52. The SMILES string of the molecule is CCOc1ccc(S(=O)(=O)NCCCN2C[C@@H](C)C[C@H](C)C2)cc1. The van der Waals surface area contributed by atoms with Crippen LogP contribution >= 0.6 is 0 Å². The summed E-state index contributed by atoms with van der Waals surface area (Å²) in [4.78, 5) is 2.73. The quantitative estimate of drug-likeness (QED) is 0.729. The molecule has 0 aromatic heterocycles.